The van der Waals surface area contributed by atoms with Crippen molar-refractivity contribution in [3.63, 3.8) is 0 Å². The fourth-order valence-electron chi connectivity index (χ4n) is 2.36. The molecule has 0 saturated carbocycles. The van der Waals surface area contributed by atoms with E-state index in [1.54, 1.807) is 18.2 Å². The molecule has 0 radical (unpaired) electrons. The van der Waals surface area contributed by atoms with Gasteiger partial charge in [-0.25, -0.2) is 8.42 Å². The van der Waals surface area contributed by atoms with Gasteiger partial charge in [0.2, 0.25) is 10.0 Å². The molecular weight excluding hydrogens is 342 g/mol. The van der Waals surface area contributed by atoms with E-state index in [0.29, 0.717) is 11.4 Å². The molecule has 2 aromatic carbocycles. The Hall–Kier alpha value is -2.13. The van der Waals surface area contributed by atoms with E-state index >= 15 is 0 Å². The fraction of sp³-hybridized carbons (Fsp3) is 0.318. The maximum atomic E-state index is 13.1. The molecule has 0 atom stereocenters. The minimum atomic E-state index is -3.58. The van der Waals surface area contributed by atoms with E-state index in [-0.39, 0.29) is 12.0 Å². The van der Waals surface area contributed by atoms with Crippen LogP contribution in [0.2, 0.25) is 0 Å². The van der Waals surface area contributed by atoms with Gasteiger partial charge < -0.3 is 0 Å². The largest absolute Gasteiger partial charge is 0.243 e. The third-order valence-electron chi connectivity index (χ3n) is 3.79. The van der Waals surface area contributed by atoms with Crippen LogP contribution in [0.5, 0.6) is 0 Å². The molecule has 4 heteroatoms. The van der Waals surface area contributed by atoms with E-state index in [2.05, 4.69) is 26.5 Å². The smallest absolute Gasteiger partial charge is 0.207 e. The number of sulfonamides is 1. The molecule has 0 aliphatic rings. The highest BCUT2D eigenvalue weighted by Crippen LogP contribution is 2.19. The molecule has 3 nitrogen and oxygen atoms in total. The zero-order valence-electron chi connectivity index (χ0n) is 15.9. The molecule has 138 valence electrons. The summed E-state index contributed by atoms with van der Waals surface area (Å²) in [6.45, 7) is 8.79. The van der Waals surface area contributed by atoms with E-state index in [0.717, 1.165) is 11.1 Å². The SMILES string of the molecule is Cc1ccc(S(=O)(=O)N(CC=C=CC(C)(C)C)Cc2ccccc2)cc1. The topological polar surface area (TPSA) is 37.4 Å². The second kappa shape index (κ2) is 8.50. The van der Waals surface area contributed by atoms with Crippen LogP contribution in [0.3, 0.4) is 0 Å². The van der Waals surface area contributed by atoms with Crippen LogP contribution in [0, 0.1) is 12.3 Å². The van der Waals surface area contributed by atoms with Gasteiger partial charge in [0.1, 0.15) is 0 Å². The van der Waals surface area contributed by atoms with Crippen molar-refractivity contribution in [3.05, 3.63) is 83.6 Å². The van der Waals surface area contributed by atoms with Gasteiger partial charge in [-0.2, -0.15) is 4.31 Å². The summed E-state index contributed by atoms with van der Waals surface area (Å²) in [5.74, 6) is 0. The van der Waals surface area contributed by atoms with Crippen LogP contribution in [0.1, 0.15) is 31.9 Å². The first-order valence-electron chi connectivity index (χ1n) is 8.71. The quantitative estimate of drug-likeness (QED) is 0.676. The standard InChI is InChI=1S/C22H27NO2S/c1-19-12-14-21(15-13-19)26(24,25)23(17-9-8-16-22(2,3)4)18-20-10-6-5-7-11-20/h5-7,9-16H,17-18H2,1-4H3. The number of nitrogens with zero attached hydrogens (tertiary/aromatic N) is 1. The second-order valence-corrected chi connectivity index (χ2v) is 9.42. The molecule has 0 heterocycles. The minimum absolute atomic E-state index is 0.0105. The summed E-state index contributed by atoms with van der Waals surface area (Å²) in [5, 5.41) is 0. The van der Waals surface area contributed by atoms with Crippen molar-refractivity contribution in [3.8, 4) is 0 Å². The highest BCUT2D eigenvalue weighted by Gasteiger charge is 2.23. The Bertz CT molecular complexity index is 870. The average Bonchev–Trinajstić information content (AvgIpc) is 2.58. The van der Waals surface area contributed by atoms with Crippen molar-refractivity contribution in [2.24, 2.45) is 5.41 Å². The molecule has 0 aliphatic heterocycles. The van der Waals surface area contributed by atoms with Gasteiger partial charge in [0.15, 0.2) is 0 Å². The molecular formula is C22H27NO2S. The van der Waals surface area contributed by atoms with Gasteiger partial charge in [-0.05, 0) is 42.2 Å². The highest BCUT2D eigenvalue weighted by molar-refractivity contribution is 7.89. The number of hydrogen-bond acceptors (Lipinski definition) is 2. The van der Waals surface area contributed by atoms with Crippen LogP contribution in [0.25, 0.3) is 0 Å². The van der Waals surface area contributed by atoms with Gasteiger partial charge in [-0.15, -0.1) is 5.73 Å². The molecule has 0 N–H and O–H groups in total. The van der Waals surface area contributed by atoms with Gasteiger partial charge >= 0.3 is 0 Å². The minimum Gasteiger partial charge on any atom is -0.207 e. The summed E-state index contributed by atoms with van der Waals surface area (Å²) in [6, 6.07) is 16.6. The average molecular weight is 370 g/mol. The molecule has 0 aliphatic carbocycles. The fourth-order valence-corrected chi connectivity index (χ4v) is 3.73. The molecule has 2 aromatic rings. The lowest BCUT2D eigenvalue weighted by molar-refractivity contribution is 0.438. The van der Waals surface area contributed by atoms with Crippen molar-refractivity contribution in [2.45, 2.75) is 39.1 Å². The van der Waals surface area contributed by atoms with E-state index in [4.69, 9.17) is 0 Å². The van der Waals surface area contributed by atoms with Crippen molar-refractivity contribution in [2.75, 3.05) is 6.54 Å². The van der Waals surface area contributed by atoms with Gasteiger partial charge in [-0.3, -0.25) is 0 Å². The molecule has 26 heavy (non-hydrogen) atoms. The monoisotopic (exact) mass is 369 g/mol. The molecule has 0 unspecified atom stereocenters. The van der Waals surface area contributed by atoms with E-state index in [1.807, 2.05) is 55.5 Å². The normalized spacial score (nSPS) is 11.9. The Labute approximate surface area is 157 Å². The number of benzene rings is 2. The lowest BCUT2D eigenvalue weighted by Gasteiger charge is -2.21. The molecule has 0 bridgehead atoms. The van der Waals surface area contributed by atoms with E-state index in [9.17, 15) is 8.42 Å². The van der Waals surface area contributed by atoms with Crippen molar-refractivity contribution >= 4 is 10.0 Å². The zero-order chi connectivity index (χ0) is 19.2. The summed E-state index contributed by atoms with van der Waals surface area (Å²) in [7, 11) is -3.58. The van der Waals surface area contributed by atoms with Crippen LogP contribution < -0.4 is 0 Å². The number of hydrogen-bond donors (Lipinski definition) is 0. The lowest BCUT2D eigenvalue weighted by atomic mass is 9.97. The molecule has 0 aromatic heterocycles. The third kappa shape index (κ3) is 5.99. The number of aryl methyl sites for hydroxylation is 1. The van der Waals surface area contributed by atoms with E-state index < -0.39 is 10.0 Å². The number of rotatable bonds is 6. The predicted molar refractivity (Wildman–Crippen MR) is 107 cm³/mol. The summed E-state index contributed by atoms with van der Waals surface area (Å²) in [4.78, 5) is 0.312. The van der Waals surface area contributed by atoms with Crippen LogP contribution in [0.4, 0.5) is 0 Å². The Morgan fingerprint density at radius 1 is 1.00 bits per heavy atom. The summed E-state index contributed by atoms with van der Waals surface area (Å²) in [5.41, 5.74) is 5.12. The van der Waals surface area contributed by atoms with Gasteiger partial charge in [0.25, 0.3) is 0 Å². The van der Waals surface area contributed by atoms with Crippen molar-refractivity contribution in [1.82, 2.24) is 4.31 Å². The lowest BCUT2D eigenvalue weighted by Crippen LogP contribution is -2.30. The van der Waals surface area contributed by atoms with Gasteiger partial charge in [0.05, 0.1) is 4.90 Å². The molecule has 0 amide bonds. The molecule has 0 spiro atoms. The predicted octanol–water partition coefficient (Wildman–Crippen LogP) is 4.94. The van der Waals surface area contributed by atoms with Crippen LogP contribution in [-0.2, 0) is 16.6 Å². The van der Waals surface area contributed by atoms with E-state index in [1.165, 1.54) is 4.31 Å². The highest BCUT2D eigenvalue weighted by atomic mass is 32.2. The van der Waals surface area contributed by atoms with Crippen molar-refractivity contribution < 1.29 is 8.42 Å². The first kappa shape index (κ1) is 20.2. The molecule has 0 fully saturated rings. The summed E-state index contributed by atoms with van der Waals surface area (Å²) >= 11 is 0. The Kier molecular flexibility index (Phi) is 6.60. The third-order valence-corrected chi connectivity index (χ3v) is 5.62. The maximum Gasteiger partial charge on any atom is 0.243 e. The first-order valence-corrected chi connectivity index (χ1v) is 10.2. The molecule has 0 saturated heterocycles. The van der Waals surface area contributed by atoms with Crippen LogP contribution in [0.15, 0.2) is 77.4 Å². The summed E-state index contributed by atoms with van der Waals surface area (Å²) < 4.78 is 27.7. The maximum absolute atomic E-state index is 13.1. The Morgan fingerprint density at radius 2 is 1.62 bits per heavy atom. The van der Waals surface area contributed by atoms with Gasteiger partial charge in [0, 0.05) is 13.1 Å². The zero-order valence-corrected chi connectivity index (χ0v) is 16.8. The second-order valence-electron chi connectivity index (χ2n) is 7.48. The Morgan fingerprint density at radius 3 is 2.19 bits per heavy atom. The summed E-state index contributed by atoms with van der Waals surface area (Å²) in [6.07, 6.45) is 3.73. The van der Waals surface area contributed by atoms with Crippen LogP contribution >= 0.6 is 0 Å². The van der Waals surface area contributed by atoms with Crippen LogP contribution in [-0.4, -0.2) is 19.3 Å². The molecule has 2 rings (SSSR count). The first-order chi connectivity index (χ1) is 12.2. The van der Waals surface area contributed by atoms with Gasteiger partial charge in [-0.1, -0.05) is 68.8 Å². The van der Waals surface area contributed by atoms with Crippen molar-refractivity contribution in [1.29, 1.82) is 0 Å². The Balaban J connectivity index is 2.32.